The minimum atomic E-state index is -0.989. The van der Waals surface area contributed by atoms with Crippen LogP contribution < -0.4 is 0 Å². The predicted molar refractivity (Wildman–Crippen MR) is 67.9 cm³/mol. The third-order valence-corrected chi connectivity index (χ3v) is 3.81. The Kier molecular flexibility index (Phi) is 4.49. The maximum atomic E-state index is 12.2. The van der Waals surface area contributed by atoms with Gasteiger partial charge in [-0.05, 0) is 6.92 Å². The van der Waals surface area contributed by atoms with Crippen LogP contribution >= 0.6 is 0 Å². The molecule has 2 rings (SSSR count). The summed E-state index contributed by atoms with van der Waals surface area (Å²) in [5, 5.41) is 0. The normalized spacial score (nSPS) is 28.4. The van der Waals surface area contributed by atoms with Crippen molar-refractivity contribution in [3.05, 3.63) is 0 Å². The summed E-state index contributed by atoms with van der Waals surface area (Å²) in [7, 11) is 1.32. The van der Waals surface area contributed by atoms with Gasteiger partial charge in [0.05, 0.1) is 26.9 Å². The van der Waals surface area contributed by atoms with Crippen molar-refractivity contribution in [1.82, 2.24) is 4.90 Å². The van der Waals surface area contributed by atoms with Crippen LogP contribution in [-0.4, -0.2) is 62.8 Å². The first kappa shape index (κ1) is 15.1. The number of likely N-dealkylation sites (tertiary alicyclic amines) is 1. The standard InChI is InChI=1S/C13H21NO6/c1-4-18-11(15)10-8-14(12(16)17-3)7-9(2)13(10)19-5-6-20-13/h9-10H,4-8H2,1-3H3. The third-order valence-electron chi connectivity index (χ3n) is 3.81. The minimum Gasteiger partial charge on any atom is -0.466 e. The predicted octanol–water partition coefficient (Wildman–Crippen LogP) is 0.627. The quantitative estimate of drug-likeness (QED) is 0.693. The van der Waals surface area contributed by atoms with E-state index in [0.717, 1.165) is 0 Å². The fraction of sp³-hybridized carbons (Fsp3) is 0.846. The average molecular weight is 287 g/mol. The van der Waals surface area contributed by atoms with Crippen LogP contribution in [0.1, 0.15) is 13.8 Å². The molecular weight excluding hydrogens is 266 g/mol. The second-order valence-electron chi connectivity index (χ2n) is 5.00. The molecule has 0 N–H and O–H groups in total. The van der Waals surface area contributed by atoms with Gasteiger partial charge in [-0.3, -0.25) is 4.79 Å². The number of amides is 1. The van der Waals surface area contributed by atoms with Crippen molar-refractivity contribution in [2.24, 2.45) is 11.8 Å². The molecule has 7 nitrogen and oxygen atoms in total. The largest absolute Gasteiger partial charge is 0.466 e. The molecule has 2 heterocycles. The van der Waals surface area contributed by atoms with Crippen LogP contribution in [0.2, 0.25) is 0 Å². The molecule has 2 aliphatic heterocycles. The SMILES string of the molecule is CCOC(=O)C1CN(C(=O)OC)CC(C)C12OCCO2. The summed E-state index contributed by atoms with van der Waals surface area (Å²) >= 11 is 0. The number of hydrogen-bond donors (Lipinski definition) is 0. The van der Waals surface area contributed by atoms with Crippen LogP contribution in [0.25, 0.3) is 0 Å². The number of carbonyl (C=O) groups is 2. The van der Waals surface area contributed by atoms with Gasteiger partial charge in [0.25, 0.3) is 0 Å². The summed E-state index contributed by atoms with van der Waals surface area (Å²) in [4.78, 5) is 25.4. The van der Waals surface area contributed by atoms with Gasteiger partial charge in [0.15, 0.2) is 5.79 Å². The lowest BCUT2D eigenvalue weighted by Crippen LogP contribution is -2.61. The number of hydrogen-bond acceptors (Lipinski definition) is 6. The van der Waals surface area contributed by atoms with Crippen LogP contribution in [0.5, 0.6) is 0 Å². The topological polar surface area (TPSA) is 74.3 Å². The zero-order valence-electron chi connectivity index (χ0n) is 12.1. The summed E-state index contributed by atoms with van der Waals surface area (Å²) in [6.07, 6.45) is -0.459. The number of rotatable bonds is 2. The van der Waals surface area contributed by atoms with E-state index >= 15 is 0 Å². The Morgan fingerprint density at radius 2 is 1.95 bits per heavy atom. The molecule has 2 saturated heterocycles. The monoisotopic (exact) mass is 287 g/mol. The maximum Gasteiger partial charge on any atom is 0.409 e. The second-order valence-corrected chi connectivity index (χ2v) is 5.00. The molecule has 1 amide bonds. The van der Waals surface area contributed by atoms with Crippen LogP contribution in [0.4, 0.5) is 4.79 Å². The van der Waals surface area contributed by atoms with E-state index in [4.69, 9.17) is 18.9 Å². The minimum absolute atomic E-state index is 0.146. The van der Waals surface area contributed by atoms with E-state index in [0.29, 0.717) is 19.8 Å². The summed E-state index contributed by atoms with van der Waals surface area (Å²) in [6, 6.07) is 0. The van der Waals surface area contributed by atoms with Gasteiger partial charge in [0.2, 0.25) is 0 Å². The number of ether oxygens (including phenoxy) is 4. The van der Waals surface area contributed by atoms with Crippen molar-refractivity contribution in [2.45, 2.75) is 19.6 Å². The summed E-state index contributed by atoms with van der Waals surface area (Å²) in [5.74, 6) is -2.20. The Morgan fingerprint density at radius 3 is 2.50 bits per heavy atom. The second kappa shape index (κ2) is 5.97. The summed E-state index contributed by atoms with van der Waals surface area (Å²) < 4.78 is 21.3. The first-order valence-corrected chi connectivity index (χ1v) is 6.82. The van der Waals surface area contributed by atoms with Crippen molar-refractivity contribution >= 4 is 12.1 Å². The van der Waals surface area contributed by atoms with E-state index in [-0.39, 0.29) is 19.1 Å². The fourth-order valence-corrected chi connectivity index (χ4v) is 2.91. The van der Waals surface area contributed by atoms with E-state index in [2.05, 4.69) is 0 Å². The van der Waals surface area contributed by atoms with Crippen molar-refractivity contribution in [2.75, 3.05) is 40.0 Å². The molecular formula is C13H21NO6. The van der Waals surface area contributed by atoms with Crippen molar-refractivity contribution in [3.63, 3.8) is 0 Å². The first-order chi connectivity index (χ1) is 9.55. The molecule has 1 spiro atoms. The van der Waals surface area contributed by atoms with Crippen LogP contribution in [0, 0.1) is 11.8 Å². The van der Waals surface area contributed by atoms with Crippen LogP contribution in [0.3, 0.4) is 0 Å². The third kappa shape index (κ3) is 2.47. The molecule has 7 heteroatoms. The van der Waals surface area contributed by atoms with Gasteiger partial charge in [-0.25, -0.2) is 4.79 Å². The van der Waals surface area contributed by atoms with Gasteiger partial charge in [-0.1, -0.05) is 6.92 Å². The number of carbonyl (C=O) groups excluding carboxylic acids is 2. The van der Waals surface area contributed by atoms with Crippen LogP contribution in [-0.2, 0) is 23.7 Å². The number of piperidine rings is 1. The molecule has 114 valence electrons. The molecule has 0 aromatic carbocycles. The summed E-state index contributed by atoms with van der Waals surface area (Å²) in [6.45, 7) is 5.39. The Balaban J connectivity index is 2.23. The maximum absolute atomic E-state index is 12.2. The molecule has 2 fully saturated rings. The Hall–Kier alpha value is -1.34. The zero-order chi connectivity index (χ0) is 14.8. The van der Waals surface area contributed by atoms with E-state index in [1.165, 1.54) is 12.0 Å². The van der Waals surface area contributed by atoms with E-state index in [1.807, 2.05) is 6.92 Å². The average Bonchev–Trinajstić information content (AvgIpc) is 2.91. The van der Waals surface area contributed by atoms with E-state index < -0.39 is 23.8 Å². The zero-order valence-corrected chi connectivity index (χ0v) is 12.1. The van der Waals surface area contributed by atoms with E-state index in [1.54, 1.807) is 6.92 Å². The molecule has 0 saturated carbocycles. The molecule has 0 radical (unpaired) electrons. The van der Waals surface area contributed by atoms with Crippen LogP contribution in [0.15, 0.2) is 0 Å². The molecule has 2 atom stereocenters. The highest BCUT2D eigenvalue weighted by atomic mass is 16.7. The first-order valence-electron chi connectivity index (χ1n) is 6.82. The van der Waals surface area contributed by atoms with E-state index in [9.17, 15) is 9.59 Å². The Morgan fingerprint density at radius 1 is 1.30 bits per heavy atom. The number of nitrogens with zero attached hydrogens (tertiary/aromatic N) is 1. The van der Waals surface area contributed by atoms with Gasteiger partial charge in [0, 0.05) is 19.0 Å². The van der Waals surface area contributed by atoms with Crippen molar-refractivity contribution in [3.8, 4) is 0 Å². The summed E-state index contributed by atoms with van der Waals surface area (Å²) in [5.41, 5.74) is 0. The molecule has 0 bridgehead atoms. The van der Waals surface area contributed by atoms with Gasteiger partial charge >= 0.3 is 12.1 Å². The Bertz CT molecular complexity index is 379. The van der Waals surface area contributed by atoms with Crippen molar-refractivity contribution < 1.29 is 28.5 Å². The lowest BCUT2D eigenvalue weighted by atomic mass is 9.83. The highest BCUT2D eigenvalue weighted by Crippen LogP contribution is 2.40. The van der Waals surface area contributed by atoms with Gasteiger partial charge < -0.3 is 23.8 Å². The molecule has 2 aliphatic rings. The fourth-order valence-electron chi connectivity index (χ4n) is 2.91. The number of esters is 1. The Labute approximate surface area is 118 Å². The highest BCUT2D eigenvalue weighted by Gasteiger charge is 2.57. The highest BCUT2D eigenvalue weighted by molar-refractivity contribution is 5.76. The number of methoxy groups -OCH3 is 1. The molecule has 20 heavy (non-hydrogen) atoms. The van der Waals surface area contributed by atoms with Crippen molar-refractivity contribution in [1.29, 1.82) is 0 Å². The molecule has 0 aromatic rings. The lowest BCUT2D eigenvalue weighted by molar-refractivity contribution is -0.250. The smallest absolute Gasteiger partial charge is 0.409 e. The van der Waals surface area contributed by atoms with Gasteiger partial charge in [-0.2, -0.15) is 0 Å². The molecule has 2 unspecified atom stereocenters. The molecule has 0 aromatic heterocycles. The molecule has 0 aliphatic carbocycles. The van der Waals surface area contributed by atoms with Gasteiger partial charge in [0.1, 0.15) is 5.92 Å². The van der Waals surface area contributed by atoms with Gasteiger partial charge in [-0.15, -0.1) is 0 Å². The lowest BCUT2D eigenvalue weighted by Gasteiger charge is -2.46.